The van der Waals surface area contributed by atoms with E-state index in [9.17, 15) is 4.79 Å². The number of nitrogens with zero attached hydrogens (tertiary/aromatic N) is 6. The van der Waals surface area contributed by atoms with E-state index in [2.05, 4.69) is 20.4 Å². The van der Waals surface area contributed by atoms with Crippen molar-refractivity contribution in [1.82, 2.24) is 29.8 Å². The van der Waals surface area contributed by atoms with Gasteiger partial charge in [0.15, 0.2) is 0 Å². The van der Waals surface area contributed by atoms with Crippen molar-refractivity contribution < 1.29 is 9.53 Å². The Hall–Kier alpha value is -3.03. The van der Waals surface area contributed by atoms with Gasteiger partial charge in [-0.3, -0.25) is 9.67 Å². The quantitative estimate of drug-likeness (QED) is 0.680. The van der Waals surface area contributed by atoms with E-state index in [1.54, 1.807) is 34.7 Å². The monoisotopic (exact) mass is 326 g/mol. The van der Waals surface area contributed by atoms with Crippen LogP contribution in [0.5, 0.6) is 0 Å². The molecule has 0 fully saturated rings. The lowest BCUT2D eigenvalue weighted by molar-refractivity contribution is 0.0526. The highest BCUT2D eigenvalue weighted by atomic mass is 16.5. The molecule has 0 aliphatic carbocycles. The van der Waals surface area contributed by atoms with E-state index < -0.39 is 5.97 Å². The van der Waals surface area contributed by atoms with E-state index in [0.717, 1.165) is 17.0 Å². The van der Waals surface area contributed by atoms with E-state index in [-0.39, 0.29) is 0 Å². The number of aryl methyl sites for hydroxylation is 2. The minimum atomic E-state index is -0.408. The van der Waals surface area contributed by atoms with Crippen LogP contribution in [0.15, 0.2) is 24.7 Å². The molecule has 3 aromatic rings. The van der Waals surface area contributed by atoms with Crippen LogP contribution < -0.4 is 0 Å². The minimum absolute atomic E-state index is 0.315. The van der Waals surface area contributed by atoms with Gasteiger partial charge in [0.05, 0.1) is 35.9 Å². The smallest absolute Gasteiger partial charge is 0.339 e. The summed E-state index contributed by atoms with van der Waals surface area (Å²) in [5, 5.41) is 12.6. The molecule has 0 amide bonds. The van der Waals surface area contributed by atoms with Crippen molar-refractivity contribution in [2.24, 2.45) is 7.05 Å². The fourth-order valence-corrected chi connectivity index (χ4v) is 2.33. The highest BCUT2D eigenvalue weighted by molar-refractivity contribution is 5.89. The number of ether oxygens (including phenoxy) is 1. The fraction of sp³-hybridized carbons (Fsp3) is 0.312. The summed E-state index contributed by atoms with van der Waals surface area (Å²) in [5.74, 6) is -0.408. The summed E-state index contributed by atoms with van der Waals surface area (Å²) < 4.78 is 8.40. The summed E-state index contributed by atoms with van der Waals surface area (Å²) >= 11 is 0. The molecule has 0 aromatic carbocycles. The molecule has 124 valence electrons. The first-order chi connectivity index (χ1) is 11.5. The molecule has 0 radical (unpaired) electrons. The summed E-state index contributed by atoms with van der Waals surface area (Å²) in [6, 6.07) is 1.70. The number of hydrogen-bond acceptors (Lipinski definition) is 6. The lowest BCUT2D eigenvalue weighted by Gasteiger charge is -2.07. The van der Waals surface area contributed by atoms with Crippen LogP contribution in [0.25, 0.3) is 16.9 Å². The van der Waals surface area contributed by atoms with Crippen LogP contribution in [0.1, 0.15) is 28.7 Å². The minimum Gasteiger partial charge on any atom is -0.462 e. The fourth-order valence-electron chi connectivity index (χ4n) is 2.33. The maximum atomic E-state index is 11.9. The van der Waals surface area contributed by atoms with Gasteiger partial charge in [0.1, 0.15) is 5.69 Å². The van der Waals surface area contributed by atoms with Crippen molar-refractivity contribution in [3.05, 3.63) is 41.6 Å². The Balaban J connectivity index is 1.99. The number of pyridine rings is 1. The van der Waals surface area contributed by atoms with Gasteiger partial charge in [-0.25, -0.2) is 9.48 Å². The summed E-state index contributed by atoms with van der Waals surface area (Å²) in [6.45, 7) is 5.90. The van der Waals surface area contributed by atoms with Crippen molar-refractivity contribution in [1.29, 1.82) is 0 Å². The van der Waals surface area contributed by atoms with E-state index >= 15 is 0 Å². The third kappa shape index (κ3) is 2.78. The van der Waals surface area contributed by atoms with Gasteiger partial charge in [-0.2, -0.15) is 5.10 Å². The molecule has 0 aliphatic heterocycles. The lowest BCUT2D eigenvalue weighted by Crippen LogP contribution is -2.08. The Morgan fingerprint density at radius 3 is 2.75 bits per heavy atom. The first kappa shape index (κ1) is 15.9. The van der Waals surface area contributed by atoms with Gasteiger partial charge >= 0.3 is 5.97 Å². The molecule has 0 bridgehead atoms. The molecule has 0 unspecified atom stereocenters. The van der Waals surface area contributed by atoms with Crippen LogP contribution in [-0.4, -0.2) is 42.3 Å². The maximum Gasteiger partial charge on any atom is 0.339 e. The second-order valence-electron chi connectivity index (χ2n) is 5.36. The lowest BCUT2D eigenvalue weighted by atomic mass is 10.2. The first-order valence-corrected chi connectivity index (χ1v) is 7.56. The molecule has 8 nitrogen and oxygen atoms in total. The van der Waals surface area contributed by atoms with Crippen molar-refractivity contribution in [2.75, 3.05) is 6.61 Å². The maximum absolute atomic E-state index is 11.9. The van der Waals surface area contributed by atoms with Crippen molar-refractivity contribution >= 4 is 5.97 Å². The molecule has 3 rings (SSSR count). The zero-order chi connectivity index (χ0) is 17.3. The molecular weight excluding hydrogens is 308 g/mol. The topological polar surface area (TPSA) is 87.7 Å². The molecule has 0 N–H and O–H groups in total. The molecule has 24 heavy (non-hydrogen) atoms. The van der Waals surface area contributed by atoms with E-state index in [1.807, 2.05) is 20.9 Å². The molecule has 0 saturated heterocycles. The summed E-state index contributed by atoms with van der Waals surface area (Å²) in [4.78, 5) is 16.2. The second-order valence-corrected chi connectivity index (χ2v) is 5.36. The van der Waals surface area contributed by atoms with Gasteiger partial charge in [0.25, 0.3) is 0 Å². The highest BCUT2D eigenvalue weighted by Gasteiger charge is 2.15. The number of esters is 1. The van der Waals surface area contributed by atoms with Crippen LogP contribution in [0.4, 0.5) is 0 Å². The predicted octanol–water partition coefficient (Wildman–Crippen LogP) is 1.86. The zero-order valence-corrected chi connectivity index (χ0v) is 14.0. The average Bonchev–Trinajstić information content (AvgIpc) is 3.16. The molecule has 3 heterocycles. The Kier molecular flexibility index (Phi) is 4.11. The summed E-state index contributed by atoms with van der Waals surface area (Å²) in [7, 11) is 1.88. The standard InChI is InChI=1S/C16H18N6O2/c1-5-24-16(23)12-6-15(10(2)17-7-12)22-9-14(19-20-22)13-8-18-21(4)11(13)3/h6-9H,5H2,1-4H3. The normalized spacial score (nSPS) is 10.8. The van der Waals surface area contributed by atoms with E-state index in [4.69, 9.17) is 4.74 Å². The summed E-state index contributed by atoms with van der Waals surface area (Å²) in [6.07, 6.45) is 5.05. The number of carbonyl (C=O) groups is 1. The number of hydrogen-bond donors (Lipinski definition) is 0. The SMILES string of the molecule is CCOC(=O)c1cnc(C)c(-n2cc(-c3cnn(C)c3C)nn2)c1. The molecule has 0 atom stereocenters. The molecule has 0 aliphatic rings. The van der Waals surface area contributed by atoms with Gasteiger partial charge in [-0.1, -0.05) is 5.21 Å². The van der Waals surface area contributed by atoms with E-state index in [1.165, 1.54) is 6.20 Å². The number of carbonyl (C=O) groups excluding carboxylic acids is 1. The van der Waals surface area contributed by atoms with Gasteiger partial charge in [0.2, 0.25) is 0 Å². The highest BCUT2D eigenvalue weighted by Crippen LogP contribution is 2.22. The molecule has 3 aromatic heterocycles. The Morgan fingerprint density at radius 1 is 1.29 bits per heavy atom. The third-order valence-corrected chi connectivity index (χ3v) is 3.82. The molecule has 0 saturated carbocycles. The Bertz CT molecular complexity index is 896. The van der Waals surface area contributed by atoms with Crippen molar-refractivity contribution in [3.8, 4) is 16.9 Å². The van der Waals surface area contributed by atoms with Crippen molar-refractivity contribution in [2.45, 2.75) is 20.8 Å². The molecule has 8 heteroatoms. The van der Waals surface area contributed by atoms with Crippen LogP contribution in [0.3, 0.4) is 0 Å². The van der Waals surface area contributed by atoms with Gasteiger partial charge < -0.3 is 4.74 Å². The largest absolute Gasteiger partial charge is 0.462 e. The summed E-state index contributed by atoms with van der Waals surface area (Å²) in [5.41, 5.74) is 4.42. The van der Waals surface area contributed by atoms with Crippen LogP contribution in [0.2, 0.25) is 0 Å². The first-order valence-electron chi connectivity index (χ1n) is 7.56. The second kappa shape index (κ2) is 6.23. The van der Waals surface area contributed by atoms with E-state index in [0.29, 0.717) is 23.6 Å². The Labute approximate surface area is 139 Å². The zero-order valence-electron chi connectivity index (χ0n) is 14.0. The third-order valence-electron chi connectivity index (χ3n) is 3.82. The van der Waals surface area contributed by atoms with Crippen LogP contribution in [0, 0.1) is 13.8 Å². The van der Waals surface area contributed by atoms with Crippen molar-refractivity contribution in [3.63, 3.8) is 0 Å². The molecule has 0 spiro atoms. The molecular formula is C16H18N6O2. The van der Waals surface area contributed by atoms with Gasteiger partial charge in [-0.15, -0.1) is 5.10 Å². The van der Waals surface area contributed by atoms with Gasteiger partial charge in [-0.05, 0) is 26.8 Å². The van der Waals surface area contributed by atoms with Crippen LogP contribution >= 0.6 is 0 Å². The predicted molar refractivity (Wildman–Crippen MR) is 86.8 cm³/mol. The number of aromatic nitrogens is 6. The number of rotatable bonds is 4. The van der Waals surface area contributed by atoms with Crippen LogP contribution in [-0.2, 0) is 11.8 Å². The average molecular weight is 326 g/mol. The van der Waals surface area contributed by atoms with Gasteiger partial charge in [0, 0.05) is 24.5 Å². The Morgan fingerprint density at radius 2 is 2.08 bits per heavy atom.